The van der Waals surface area contributed by atoms with Gasteiger partial charge in [-0.25, -0.2) is 0 Å². The van der Waals surface area contributed by atoms with Crippen LogP contribution in [0.25, 0.3) is 0 Å². The summed E-state index contributed by atoms with van der Waals surface area (Å²) in [6, 6.07) is 4.24. The molecule has 25 heavy (non-hydrogen) atoms. The van der Waals surface area contributed by atoms with E-state index in [4.69, 9.17) is 4.74 Å². The lowest BCUT2D eigenvalue weighted by Gasteiger charge is -2.31. The van der Waals surface area contributed by atoms with Gasteiger partial charge >= 0.3 is 0 Å². The van der Waals surface area contributed by atoms with Crippen LogP contribution >= 0.6 is 0 Å². The van der Waals surface area contributed by atoms with Crippen molar-refractivity contribution in [3.8, 4) is 5.75 Å². The van der Waals surface area contributed by atoms with Gasteiger partial charge < -0.3 is 9.64 Å². The molecule has 132 valence electrons. The number of likely N-dealkylation sites (tertiary alicyclic amines) is 1. The van der Waals surface area contributed by atoms with Gasteiger partial charge in [-0.2, -0.15) is 5.10 Å². The van der Waals surface area contributed by atoms with Gasteiger partial charge in [-0.3, -0.25) is 19.6 Å². The molecule has 0 aliphatic carbocycles. The molecule has 3 rings (SSSR count). The minimum atomic E-state index is -0.533. The Bertz CT molecular complexity index is 794. The Morgan fingerprint density at radius 1 is 1.36 bits per heavy atom. The number of nitrogens with zero attached hydrogens (tertiary/aromatic N) is 4. The minimum Gasteiger partial charge on any atom is -0.497 e. The Kier molecular flexibility index (Phi) is 4.69. The van der Waals surface area contributed by atoms with Gasteiger partial charge in [0, 0.05) is 32.4 Å². The number of methoxy groups -OCH3 is 1. The second-order valence-electron chi connectivity index (χ2n) is 6.15. The van der Waals surface area contributed by atoms with E-state index in [2.05, 4.69) is 5.10 Å². The summed E-state index contributed by atoms with van der Waals surface area (Å²) in [5, 5.41) is 15.4. The molecule has 0 bridgehead atoms. The number of aromatic nitrogens is 2. The number of nitro groups is 1. The minimum absolute atomic E-state index is 0.0733. The molecule has 1 saturated heterocycles. The molecule has 1 aromatic heterocycles. The first-order valence-electron chi connectivity index (χ1n) is 8.10. The predicted molar refractivity (Wildman–Crippen MR) is 90.7 cm³/mol. The van der Waals surface area contributed by atoms with Crippen LogP contribution in [0, 0.1) is 10.1 Å². The highest BCUT2D eigenvalue weighted by atomic mass is 16.6. The van der Waals surface area contributed by atoms with Crippen molar-refractivity contribution in [3.05, 3.63) is 51.8 Å². The summed E-state index contributed by atoms with van der Waals surface area (Å²) in [4.78, 5) is 25.2. The second kappa shape index (κ2) is 6.92. The number of hydrogen-bond acceptors (Lipinski definition) is 5. The van der Waals surface area contributed by atoms with Crippen LogP contribution in [0.4, 0.5) is 5.69 Å². The Balaban J connectivity index is 1.75. The smallest absolute Gasteiger partial charge is 0.282 e. The van der Waals surface area contributed by atoms with E-state index in [0.29, 0.717) is 24.8 Å². The molecule has 1 amide bonds. The summed E-state index contributed by atoms with van der Waals surface area (Å²) < 4.78 is 6.87. The lowest BCUT2D eigenvalue weighted by molar-refractivity contribution is -0.385. The molecule has 0 unspecified atom stereocenters. The Morgan fingerprint density at radius 3 is 2.64 bits per heavy atom. The molecule has 0 atom stereocenters. The average Bonchev–Trinajstić information content (AvgIpc) is 3.07. The van der Waals surface area contributed by atoms with Gasteiger partial charge in [-0.1, -0.05) is 0 Å². The number of amides is 1. The summed E-state index contributed by atoms with van der Waals surface area (Å²) in [5.41, 5.74) is 1.05. The third-order valence-electron chi connectivity index (χ3n) is 4.61. The number of rotatable bonds is 4. The average molecular weight is 344 g/mol. The van der Waals surface area contributed by atoms with Crippen LogP contribution in [-0.2, 0) is 7.05 Å². The zero-order chi connectivity index (χ0) is 18.0. The van der Waals surface area contributed by atoms with E-state index in [9.17, 15) is 14.9 Å². The maximum absolute atomic E-state index is 12.8. The molecule has 0 radical (unpaired) electrons. The first kappa shape index (κ1) is 16.9. The fourth-order valence-corrected chi connectivity index (χ4v) is 3.21. The van der Waals surface area contributed by atoms with Crippen molar-refractivity contribution in [1.82, 2.24) is 14.7 Å². The second-order valence-corrected chi connectivity index (χ2v) is 6.15. The van der Waals surface area contributed by atoms with Crippen molar-refractivity contribution < 1.29 is 14.5 Å². The van der Waals surface area contributed by atoms with Gasteiger partial charge in [0.1, 0.15) is 11.3 Å². The quantitative estimate of drug-likeness (QED) is 0.627. The van der Waals surface area contributed by atoms with Crippen molar-refractivity contribution >= 4 is 11.6 Å². The van der Waals surface area contributed by atoms with Gasteiger partial charge in [0.15, 0.2) is 0 Å². The van der Waals surface area contributed by atoms with Gasteiger partial charge in [-0.15, -0.1) is 0 Å². The fourth-order valence-electron chi connectivity index (χ4n) is 3.21. The lowest BCUT2D eigenvalue weighted by atomic mass is 9.91. The van der Waals surface area contributed by atoms with E-state index >= 15 is 0 Å². The first-order chi connectivity index (χ1) is 12.0. The molecule has 8 heteroatoms. The maximum Gasteiger partial charge on any atom is 0.282 e. The predicted octanol–water partition coefficient (Wildman–Crippen LogP) is 2.36. The number of carbonyl (C=O) groups is 1. The van der Waals surface area contributed by atoms with Gasteiger partial charge in [0.25, 0.3) is 11.6 Å². The highest BCUT2D eigenvalue weighted by molar-refractivity contribution is 5.98. The normalized spacial score (nSPS) is 15.2. The zero-order valence-electron chi connectivity index (χ0n) is 14.2. The van der Waals surface area contributed by atoms with Crippen LogP contribution in [0.15, 0.2) is 30.6 Å². The van der Waals surface area contributed by atoms with E-state index in [-0.39, 0.29) is 17.2 Å². The summed E-state index contributed by atoms with van der Waals surface area (Å²) in [6.07, 6.45) is 5.48. The SMILES string of the molecule is COc1ccc([N+](=O)[O-])c(C(=O)N2CCC(c3cnn(C)c3)CC2)c1. The van der Waals surface area contributed by atoms with Crippen molar-refractivity contribution in [2.24, 2.45) is 7.05 Å². The molecular weight excluding hydrogens is 324 g/mol. The number of ether oxygens (including phenoxy) is 1. The monoisotopic (exact) mass is 344 g/mol. The third kappa shape index (κ3) is 3.47. The fraction of sp³-hybridized carbons (Fsp3) is 0.412. The number of benzene rings is 1. The van der Waals surface area contributed by atoms with Crippen LogP contribution < -0.4 is 4.74 Å². The summed E-state index contributed by atoms with van der Waals surface area (Å²) in [7, 11) is 3.35. The molecule has 0 saturated carbocycles. The van der Waals surface area contributed by atoms with E-state index in [0.717, 1.165) is 12.8 Å². The molecule has 1 aromatic carbocycles. The van der Waals surface area contributed by atoms with Crippen molar-refractivity contribution in [2.45, 2.75) is 18.8 Å². The number of nitro benzene ring substituents is 1. The lowest BCUT2D eigenvalue weighted by Crippen LogP contribution is -2.38. The highest BCUT2D eigenvalue weighted by Crippen LogP contribution is 2.30. The van der Waals surface area contributed by atoms with E-state index in [1.807, 2.05) is 19.4 Å². The van der Waals surface area contributed by atoms with E-state index < -0.39 is 4.92 Å². The number of hydrogen-bond donors (Lipinski definition) is 0. The topological polar surface area (TPSA) is 90.5 Å². The summed E-state index contributed by atoms with van der Waals surface area (Å²) >= 11 is 0. The Morgan fingerprint density at radius 2 is 2.08 bits per heavy atom. The van der Waals surface area contributed by atoms with Crippen LogP contribution in [0.1, 0.15) is 34.7 Å². The standard InChI is InChI=1S/C17H20N4O4/c1-19-11-13(10-18-19)12-5-7-20(8-6-12)17(22)15-9-14(25-2)3-4-16(15)21(23)24/h3-4,9-12H,5-8H2,1-2H3. The number of piperidine rings is 1. The van der Waals surface area contributed by atoms with Crippen LogP contribution in [-0.4, -0.2) is 45.7 Å². The first-order valence-corrected chi connectivity index (χ1v) is 8.10. The molecule has 1 fully saturated rings. The Hall–Kier alpha value is -2.90. The van der Waals surface area contributed by atoms with Gasteiger partial charge in [0.2, 0.25) is 0 Å². The largest absolute Gasteiger partial charge is 0.497 e. The molecule has 2 heterocycles. The number of aryl methyl sites for hydroxylation is 1. The molecule has 1 aliphatic rings. The van der Waals surface area contributed by atoms with Crippen LogP contribution in [0.5, 0.6) is 5.75 Å². The van der Waals surface area contributed by atoms with Crippen LogP contribution in [0.3, 0.4) is 0 Å². The van der Waals surface area contributed by atoms with Crippen molar-refractivity contribution in [3.63, 3.8) is 0 Å². The molecule has 0 spiro atoms. The molecular formula is C17H20N4O4. The Labute approximate surface area is 145 Å². The molecule has 0 N–H and O–H groups in total. The van der Waals surface area contributed by atoms with Gasteiger partial charge in [-0.05, 0) is 36.5 Å². The number of carbonyl (C=O) groups excluding carboxylic acids is 1. The van der Waals surface area contributed by atoms with Gasteiger partial charge in [0.05, 0.1) is 18.2 Å². The zero-order valence-corrected chi connectivity index (χ0v) is 14.2. The molecule has 2 aromatic rings. The molecule has 8 nitrogen and oxygen atoms in total. The summed E-state index contributed by atoms with van der Waals surface area (Å²) in [5.74, 6) is 0.465. The summed E-state index contributed by atoms with van der Waals surface area (Å²) in [6.45, 7) is 1.12. The van der Waals surface area contributed by atoms with E-state index in [1.165, 1.54) is 30.9 Å². The van der Waals surface area contributed by atoms with Crippen molar-refractivity contribution in [1.29, 1.82) is 0 Å². The van der Waals surface area contributed by atoms with Crippen LogP contribution in [0.2, 0.25) is 0 Å². The molecule has 1 aliphatic heterocycles. The third-order valence-corrected chi connectivity index (χ3v) is 4.61. The van der Waals surface area contributed by atoms with Crippen molar-refractivity contribution in [2.75, 3.05) is 20.2 Å². The maximum atomic E-state index is 12.8. The highest BCUT2D eigenvalue weighted by Gasteiger charge is 2.29. The van der Waals surface area contributed by atoms with E-state index in [1.54, 1.807) is 9.58 Å².